The molecule has 1 aliphatic heterocycles. The van der Waals surface area contributed by atoms with Crippen molar-refractivity contribution in [1.82, 2.24) is 15.5 Å². The third-order valence-corrected chi connectivity index (χ3v) is 3.08. The Balaban J connectivity index is 1.87. The van der Waals surface area contributed by atoms with Crippen molar-refractivity contribution in [2.45, 2.75) is 12.8 Å². The van der Waals surface area contributed by atoms with Crippen molar-refractivity contribution in [3.8, 4) is 0 Å². The molecule has 1 amide bonds. The molecule has 0 radical (unpaired) electrons. The topological polar surface area (TPSA) is 62.8 Å². The molecule has 6 nitrogen and oxygen atoms in total. The lowest BCUT2D eigenvalue weighted by atomic mass is 10.3. The molecule has 6 heteroatoms. The van der Waals surface area contributed by atoms with Gasteiger partial charge in [-0.2, -0.15) is 0 Å². The summed E-state index contributed by atoms with van der Waals surface area (Å²) in [6.45, 7) is 7.58. The maximum atomic E-state index is 11.6. The van der Waals surface area contributed by atoms with Gasteiger partial charge in [0.15, 0.2) is 0 Å². The maximum absolute atomic E-state index is 11.6. The summed E-state index contributed by atoms with van der Waals surface area (Å²) in [5.41, 5.74) is 0. The van der Waals surface area contributed by atoms with Gasteiger partial charge in [0.2, 0.25) is 5.91 Å². The second-order valence-electron chi connectivity index (χ2n) is 4.65. The monoisotopic (exact) mass is 273 g/mol. The average molecular weight is 273 g/mol. The first-order valence-corrected chi connectivity index (χ1v) is 7.09. The molecule has 0 spiro atoms. The summed E-state index contributed by atoms with van der Waals surface area (Å²) in [4.78, 5) is 13.9. The van der Waals surface area contributed by atoms with Crippen molar-refractivity contribution in [2.75, 3.05) is 66.2 Å². The summed E-state index contributed by atoms with van der Waals surface area (Å²) in [6.07, 6.45) is 1.52. The number of morpholine rings is 1. The van der Waals surface area contributed by atoms with Crippen molar-refractivity contribution in [3.05, 3.63) is 0 Å². The molecule has 0 aromatic carbocycles. The van der Waals surface area contributed by atoms with Crippen LogP contribution in [0.5, 0.6) is 0 Å². The van der Waals surface area contributed by atoms with Crippen molar-refractivity contribution in [1.29, 1.82) is 0 Å². The second kappa shape index (κ2) is 11.2. The van der Waals surface area contributed by atoms with E-state index in [-0.39, 0.29) is 5.91 Å². The van der Waals surface area contributed by atoms with Crippen molar-refractivity contribution in [2.24, 2.45) is 0 Å². The molecule has 1 saturated heterocycles. The quantitative estimate of drug-likeness (QED) is 0.523. The van der Waals surface area contributed by atoms with Crippen LogP contribution in [0, 0.1) is 0 Å². The molecule has 112 valence electrons. The van der Waals surface area contributed by atoms with Gasteiger partial charge in [0.25, 0.3) is 0 Å². The minimum atomic E-state index is 0.118. The normalized spacial score (nSPS) is 16.5. The first kappa shape index (κ1) is 16.4. The molecule has 2 N–H and O–H groups in total. The Bertz CT molecular complexity index is 233. The average Bonchev–Trinajstić information content (AvgIpc) is 2.44. The van der Waals surface area contributed by atoms with E-state index in [0.717, 1.165) is 65.5 Å². The lowest BCUT2D eigenvalue weighted by Crippen LogP contribution is -2.41. The highest BCUT2D eigenvalue weighted by molar-refractivity contribution is 5.76. The molecule has 1 aliphatic rings. The number of hydrogen-bond acceptors (Lipinski definition) is 5. The van der Waals surface area contributed by atoms with Gasteiger partial charge in [-0.25, -0.2) is 0 Å². The van der Waals surface area contributed by atoms with Gasteiger partial charge in [0.1, 0.15) is 0 Å². The highest BCUT2D eigenvalue weighted by Gasteiger charge is 2.09. The minimum absolute atomic E-state index is 0.118. The molecule has 0 aromatic heterocycles. The highest BCUT2D eigenvalue weighted by Crippen LogP contribution is 1.94. The van der Waals surface area contributed by atoms with E-state index >= 15 is 0 Å². The number of nitrogens with zero attached hydrogens (tertiary/aromatic N) is 1. The number of rotatable bonds is 10. The van der Waals surface area contributed by atoms with Crippen LogP contribution in [0.25, 0.3) is 0 Å². The van der Waals surface area contributed by atoms with Crippen LogP contribution in [-0.4, -0.2) is 77.0 Å². The highest BCUT2D eigenvalue weighted by atomic mass is 16.5. The molecular formula is C13H27N3O3. The fraction of sp³-hybridized carbons (Fsp3) is 0.923. The number of nitrogens with one attached hydrogen (secondary N) is 2. The molecule has 0 aliphatic carbocycles. The Labute approximate surface area is 115 Å². The number of amides is 1. The lowest BCUT2D eigenvalue weighted by Gasteiger charge is -2.26. The van der Waals surface area contributed by atoms with Crippen LogP contribution in [0.1, 0.15) is 12.8 Å². The SMILES string of the molecule is COCCCNCCC(=O)NCCN1CCOCC1. The fourth-order valence-corrected chi connectivity index (χ4v) is 1.94. The van der Waals surface area contributed by atoms with Gasteiger partial charge < -0.3 is 20.1 Å². The summed E-state index contributed by atoms with van der Waals surface area (Å²) in [6, 6.07) is 0. The molecule has 1 heterocycles. The van der Waals surface area contributed by atoms with Gasteiger partial charge in [-0.3, -0.25) is 9.69 Å². The first-order valence-electron chi connectivity index (χ1n) is 7.09. The second-order valence-corrected chi connectivity index (χ2v) is 4.65. The summed E-state index contributed by atoms with van der Waals surface area (Å²) in [5.74, 6) is 0.118. The predicted octanol–water partition coefficient (Wildman–Crippen LogP) is -0.549. The van der Waals surface area contributed by atoms with Crippen LogP contribution >= 0.6 is 0 Å². The number of carbonyl (C=O) groups excluding carboxylic acids is 1. The number of methoxy groups -OCH3 is 1. The van der Waals surface area contributed by atoms with E-state index in [1.165, 1.54) is 0 Å². The van der Waals surface area contributed by atoms with E-state index < -0.39 is 0 Å². The van der Waals surface area contributed by atoms with Crippen molar-refractivity contribution in [3.63, 3.8) is 0 Å². The predicted molar refractivity (Wildman–Crippen MR) is 74.2 cm³/mol. The third-order valence-electron chi connectivity index (χ3n) is 3.08. The first-order chi connectivity index (χ1) is 9.33. The standard InChI is InChI=1S/C13H27N3O3/c1-18-10-2-4-14-5-3-13(17)15-6-7-16-8-11-19-12-9-16/h14H,2-12H2,1H3,(H,15,17). The molecule has 1 rings (SSSR count). The molecule has 1 fully saturated rings. The maximum Gasteiger partial charge on any atom is 0.221 e. The van der Waals surface area contributed by atoms with E-state index in [2.05, 4.69) is 15.5 Å². The third kappa shape index (κ3) is 8.93. The van der Waals surface area contributed by atoms with E-state index in [4.69, 9.17) is 9.47 Å². The zero-order valence-electron chi connectivity index (χ0n) is 12.0. The Morgan fingerprint density at radius 3 is 2.79 bits per heavy atom. The van der Waals surface area contributed by atoms with Gasteiger partial charge in [0.05, 0.1) is 13.2 Å². The van der Waals surface area contributed by atoms with E-state index in [0.29, 0.717) is 6.42 Å². The fourth-order valence-electron chi connectivity index (χ4n) is 1.94. The number of carbonyl (C=O) groups is 1. The van der Waals surface area contributed by atoms with Crippen molar-refractivity contribution < 1.29 is 14.3 Å². The summed E-state index contributed by atoms with van der Waals surface area (Å²) >= 11 is 0. The zero-order chi connectivity index (χ0) is 13.8. The molecule has 19 heavy (non-hydrogen) atoms. The van der Waals surface area contributed by atoms with Gasteiger partial charge >= 0.3 is 0 Å². The Morgan fingerprint density at radius 1 is 1.26 bits per heavy atom. The summed E-state index contributed by atoms with van der Waals surface area (Å²) < 4.78 is 10.2. The number of hydrogen-bond donors (Lipinski definition) is 2. The summed E-state index contributed by atoms with van der Waals surface area (Å²) in [5, 5.41) is 6.17. The van der Waals surface area contributed by atoms with E-state index in [1.807, 2.05) is 0 Å². The largest absolute Gasteiger partial charge is 0.385 e. The molecular weight excluding hydrogens is 246 g/mol. The molecule has 0 saturated carbocycles. The van der Waals surface area contributed by atoms with Crippen LogP contribution in [0.3, 0.4) is 0 Å². The van der Waals surface area contributed by atoms with Crippen LogP contribution in [0.2, 0.25) is 0 Å². The zero-order valence-corrected chi connectivity index (χ0v) is 12.0. The molecule has 0 aromatic rings. The van der Waals surface area contributed by atoms with Crippen molar-refractivity contribution >= 4 is 5.91 Å². The van der Waals surface area contributed by atoms with Gasteiger partial charge in [-0.15, -0.1) is 0 Å². The van der Waals surface area contributed by atoms with Crippen LogP contribution in [0.4, 0.5) is 0 Å². The van der Waals surface area contributed by atoms with Crippen LogP contribution in [-0.2, 0) is 14.3 Å². The van der Waals surface area contributed by atoms with E-state index in [1.54, 1.807) is 7.11 Å². The molecule has 0 unspecified atom stereocenters. The van der Waals surface area contributed by atoms with Gasteiger partial charge in [-0.05, 0) is 13.0 Å². The number of ether oxygens (including phenoxy) is 2. The lowest BCUT2D eigenvalue weighted by molar-refractivity contribution is -0.121. The van der Waals surface area contributed by atoms with Crippen LogP contribution in [0.15, 0.2) is 0 Å². The Kier molecular flexibility index (Phi) is 9.61. The Hall–Kier alpha value is -0.690. The smallest absolute Gasteiger partial charge is 0.221 e. The van der Waals surface area contributed by atoms with Gasteiger partial charge in [0, 0.05) is 52.9 Å². The summed E-state index contributed by atoms with van der Waals surface area (Å²) in [7, 11) is 1.70. The van der Waals surface area contributed by atoms with Gasteiger partial charge in [-0.1, -0.05) is 0 Å². The van der Waals surface area contributed by atoms with E-state index in [9.17, 15) is 4.79 Å². The molecule has 0 atom stereocenters. The Morgan fingerprint density at radius 2 is 2.05 bits per heavy atom. The van der Waals surface area contributed by atoms with Crippen LogP contribution < -0.4 is 10.6 Å². The molecule has 0 bridgehead atoms. The minimum Gasteiger partial charge on any atom is -0.385 e.